The predicted molar refractivity (Wildman–Crippen MR) is 189 cm³/mol. The first kappa shape index (κ1) is 32.1. The molecule has 49 heavy (non-hydrogen) atoms. The molecule has 0 spiro atoms. The van der Waals surface area contributed by atoms with E-state index in [1.165, 1.54) is 40.7 Å². The third-order valence-electron chi connectivity index (χ3n) is 8.20. The lowest BCUT2D eigenvalue weighted by Gasteiger charge is -2.23. The van der Waals surface area contributed by atoms with Crippen molar-refractivity contribution >= 4 is 51.3 Å². The van der Waals surface area contributed by atoms with Crippen LogP contribution in [0.5, 0.6) is 11.5 Å². The van der Waals surface area contributed by atoms with Crippen molar-refractivity contribution in [3.8, 4) is 11.5 Å². The fraction of sp³-hybridized carbons (Fsp3) is 0.162. The average molecular weight is 690 g/mol. The molecule has 4 heterocycles. The van der Waals surface area contributed by atoms with Gasteiger partial charge >= 0.3 is 5.91 Å². The van der Waals surface area contributed by atoms with Crippen LogP contribution in [0, 0.1) is 13.8 Å². The summed E-state index contributed by atoms with van der Waals surface area (Å²) in [5.41, 5.74) is 5.11. The Labute approximate surface area is 290 Å². The molecule has 0 saturated carbocycles. The zero-order valence-corrected chi connectivity index (χ0v) is 28.5. The van der Waals surface area contributed by atoms with Crippen LogP contribution in [0.4, 0.5) is 5.13 Å². The standard InChI is InChI=1S/C37H31N5O5S2/c1-22-12-14-25(15-13-22)21-48-37-40-39-36(49-37)42-32(26-16-17-27(28(19-26)46-3)47-20-24-9-5-4-6-10-24)30(34(44)35(42)45)33(43)31-23(2)38-29-11-7-8-18-41(29)31/h4-19,32,43H,20-21H2,1-3H3/b33-30+. The lowest BCUT2D eigenvalue weighted by Crippen LogP contribution is -2.29. The number of carbonyl (C=O) groups is 2. The number of amides is 1. The van der Waals surface area contributed by atoms with Crippen LogP contribution in [0.15, 0.2) is 107 Å². The van der Waals surface area contributed by atoms with E-state index in [0.29, 0.717) is 50.8 Å². The third kappa shape index (κ3) is 6.28. The maximum absolute atomic E-state index is 13.9. The minimum atomic E-state index is -1.05. The molecule has 6 aromatic rings. The number of methoxy groups -OCH3 is 1. The number of ether oxygens (including phenoxy) is 2. The maximum Gasteiger partial charge on any atom is 0.301 e. The molecule has 1 atom stereocenters. The summed E-state index contributed by atoms with van der Waals surface area (Å²) in [5, 5.41) is 20.9. The number of hydrogen-bond donors (Lipinski definition) is 1. The van der Waals surface area contributed by atoms with E-state index in [1.54, 1.807) is 47.9 Å². The van der Waals surface area contributed by atoms with E-state index >= 15 is 0 Å². The highest BCUT2D eigenvalue weighted by Gasteiger charge is 2.49. The van der Waals surface area contributed by atoms with E-state index in [9.17, 15) is 14.7 Å². The number of rotatable bonds is 10. The van der Waals surface area contributed by atoms with Crippen LogP contribution in [0.3, 0.4) is 0 Å². The molecule has 1 saturated heterocycles. The van der Waals surface area contributed by atoms with Crippen LogP contribution in [-0.4, -0.2) is 43.5 Å². The van der Waals surface area contributed by atoms with E-state index in [0.717, 1.165) is 11.1 Å². The van der Waals surface area contributed by atoms with Gasteiger partial charge in [0.2, 0.25) is 5.13 Å². The van der Waals surface area contributed by atoms with Crippen molar-refractivity contribution in [3.63, 3.8) is 0 Å². The lowest BCUT2D eigenvalue weighted by atomic mass is 9.96. The molecule has 1 fully saturated rings. The van der Waals surface area contributed by atoms with Crippen molar-refractivity contribution in [2.75, 3.05) is 12.0 Å². The highest BCUT2D eigenvalue weighted by Crippen LogP contribution is 2.46. The molecule has 1 amide bonds. The Balaban J connectivity index is 1.30. The van der Waals surface area contributed by atoms with Gasteiger partial charge in [-0.3, -0.25) is 18.9 Å². The largest absolute Gasteiger partial charge is 0.505 e. The van der Waals surface area contributed by atoms with Crippen molar-refractivity contribution in [1.82, 2.24) is 19.6 Å². The summed E-state index contributed by atoms with van der Waals surface area (Å²) in [6, 6.07) is 27.6. The molecule has 1 unspecified atom stereocenters. The first-order valence-corrected chi connectivity index (χ1v) is 17.2. The van der Waals surface area contributed by atoms with Gasteiger partial charge in [-0.05, 0) is 54.8 Å². The molecule has 0 aliphatic carbocycles. The number of Topliss-reactive ketones (excluding diaryl/α,β-unsaturated/α-hetero) is 1. The molecule has 1 N–H and O–H groups in total. The molecule has 1 aliphatic heterocycles. The van der Waals surface area contributed by atoms with E-state index in [4.69, 9.17) is 9.47 Å². The van der Waals surface area contributed by atoms with E-state index < -0.39 is 17.7 Å². The quantitative estimate of drug-likeness (QED) is 0.0519. The summed E-state index contributed by atoms with van der Waals surface area (Å²) in [6.07, 6.45) is 1.75. The van der Waals surface area contributed by atoms with E-state index in [2.05, 4.69) is 39.4 Å². The second kappa shape index (κ2) is 13.6. The Bertz CT molecular complexity index is 2210. The first-order chi connectivity index (χ1) is 23.8. The number of aryl methyl sites for hydroxylation is 2. The average Bonchev–Trinajstić information content (AvgIpc) is 3.80. The van der Waals surface area contributed by atoms with Crippen LogP contribution < -0.4 is 14.4 Å². The number of aliphatic hydroxyl groups excluding tert-OH is 1. The topological polar surface area (TPSA) is 119 Å². The molecule has 0 radical (unpaired) electrons. The Morgan fingerprint density at radius 3 is 2.47 bits per heavy atom. The molecule has 10 nitrogen and oxygen atoms in total. The smallest absolute Gasteiger partial charge is 0.301 e. The number of nitrogens with zero attached hydrogens (tertiary/aromatic N) is 5. The van der Waals surface area contributed by atoms with E-state index in [1.807, 2.05) is 43.3 Å². The second-order valence-corrected chi connectivity index (χ2v) is 13.6. The zero-order chi connectivity index (χ0) is 34.1. The molecule has 7 rings (SSSR count). The highest BCUT2D eigenvalue weighted by molar-refractivity contribution is 8.00. The van der Waals surface area contributed by atoms with Crippen molar-refractivity contribution in [2.45, 2.75) is 36.6 Å². The van der Waals surface area contributed by atoms with Gasteiger partial charge in [0.25, 0.3) is 5.78 Å². The number of anilines is 1. The van der Waals surface area contributed by atoms with Crippen LogP contribution in [-0.2, 0) is 21.9 Å². The summed E-state index contributed by atoms with van der Waals surface area (Å²) >= 11 is 2.70. The van der Waals surface area contributed by atoms with Gasteiger partial charge < -0.3 is 14.6 Å². The summed E-state index contributed by atoms with van der Waals surface area (Å²) < 4.78 is 14.1. The van der Waals surface area contributed by atoms with Crippen molar-refractivity contribution in [2.24, 2.45) is 0 Å². The molecule has 0 bridgehead atoms. The fourth-order valence-corrected chi connectivity index (χ4v) is 7.59. The molecular weight excluding hydrogens is 659 g/mol. The van der Waals surface area contributed by atoms with Gasteiger partial charge in [-0.1, -0.05) is 95.4 Å². The number of aliphatic hydroxyl groups is 1. The van der Waals surface area contributed by atoms with Crippen LogP contribution >= 0.6 is 23.1 Å². The molecule has 12 heteroatoms. The minimum Gasteiger partial charge on any atom is -0.505 e. The number of aromatic nitrogens is 4. The van der Waals surface area contributed by atoms with Crippen molar-refractivity contribution < 1.29 is 24.2 Å². The maximum atomic E-state index is 13.9. The Kier molecular flexibility index (Phi) is 8.89. The summed E-state index contributed by atoms with van der Waals surface area (Å²) in [7, 11) is 1.52. The zero-order valence-electron chi connectivity index (χ0n) is 26.9. The number of hydrogen-bond acceptors (Lipinski definition) is 10. The third-order valence-corrected chi connectivity index (χ3v) is 10.3. The van der Waals surface area contributed by atoms with Crippen molar-refractivity contribution in [1.29, 1.82) is 0 Å². The van der Waals surface area contributed by atoms with Gasteiger partial charge in [0.05, 0.1) is 24.4 Å². The molecule has 3 aromatic heterocycles. The van der Waals surface area contributed by atoms with Crippen LogP contribution in [0.1, 0.15) is 39.7 Å². The number of carbonyl (C=O) groups excluding carboxylic acids is 2. The van der Waals surface area contributed by atoms with Gasteiger partial charge in [-0.2, -0.15) is 0 Å². The first-order valence-electron chi connectivity index (χ1n) is 15.4. The molecule has 1 aliphatic rings. The monoisotopic (exact) mass is 689 g/mol. The normalized spacial score (nSPS) is 15.7. The lowest BCUT2D eigenvalue weighted by molar-refractivity contribution is -0.132. The summed E-state index contributed by atoms with van der Waals surface area (Å²) in [5.74, 6) is -0.476. The number of benzene rings is 3. The van der Waals surface area contributed by atoms with E-state index in [-0.39, 0.29) is 16.5 Å². The number of imidazole rings is 1. The number of fused-ring (bicyclic) bond motifs is 1. The van der Waals surface area contributed by atoms with Gasteiger partial charge in [0.15, 0.2) is 21.6 Å². The van der Waals surface area contributed by atoms with Crippen LogP contribution in [0.2, 0.25) is 0 Å². The fourth-order valence-electron chi connectivity index (χ4n) is 5.77. The van der Waals surface area contributed by atoms with Gasteiger partial charge in [-0.25, -0.2) is 4.98 Å². The predicted octanol–water partition coefficient (Wildman–Crippen LogP) is 7.31. The molecular formula is C37H31N5O5S2. The Morgan fingerprint density at radius 2 is 1.69 bits per heavy atom. The SMILES string of the molecule is COc1cc(C2/C(=C(\O)c3c(C)nc4ccccn34)C(=O)C(=O)N2c2nnc(SCc3ccc(C)cc3)s2)ccc1OCc1ccccc1. The number of ketones is 1. The number of thioether (sulfide) groups is 1. The highest BCUT2D eigenvalue weighted by atomic mass is 32.2. The Morgan fingerprint density at radius 1 is 0.918 bits per heavy atom. The van der Waals surface area contributed by atoms with Crippen LogP contribution in [0.25, 0.3) is 11.4 Å². The molecule has 3 aromatic carbocycles. The number of pyridine rings is 1. The molecule has 246 valence electrons. The second-order valence-electron chi connectivity index (χ2n) is 11.5. The van der Waals surface area contributed by atoms with Crippen molar-refractivity contribution in [3.05, 3.63) is 136 Å². The van der Waals surface area contributed by atoms with Gasteiger partial charge in [0, 0.05) is 11.9 Å². The summed E-state index contributed by atoms with van der Waals surface area (Å²) in [6.45, 7) is 4.10. The summed E-state index contributed by atoms with van der Waals surface area (Å²) in [4.78, 5) is 33.7. The van der Waals surface area contributed by atoms with Gasteiger partial charge in [0.1, 0.15) is 17.9 Å². The minimum absolute atomic E-state index is 0.0946. The Hall–Kier alpha value is -5.46. The van der Waals surface area contributed by atoms with Gasteiger partial charge in [-0.15, -0.1) is 10.2 Å².